The molecule has 1 fully saturated rings. The van der Waals surface area contributed by atoms with E-state index in [1.54, 1.807) is 11.8 Å². The third-order valence-corrected chi connectivity index (χ3v) is 16.3. The van der Waals surface area contributed by atoms with Crippen LogP contribution in [0.25, 0.3) is 0 Å². The lowest BCUT2D eigenvalue weighted by atomic mass is 9.84. The second-order valence-electron chi connectivity index (χ2n) is 10.9. The number of thioether (sulfide) groups is 1. The molecule has 0 saturated carbocycles. The van der Waals surface area contributed by atoms with Crippen molar-refractivity contribution in [3.8, 4) is 0 Å². The van der Waals surface area contributed by atoms with Crippen molar-refractivity contribution in [2.75, 3.05) is 6.54 Å². The summed E-state index contributed by atoms with van der Waals surface area (Å²) in [6, 6.07) is 31.3. The first kappa shape index (κ1) is 24.9. The number of hydroxylamine groups is 2. The molecule has 1 saturated heterocycles. The summed E-state index contributed by atoms with van der Waals surface area (Å²) < 4.78 is -0.856. The van der Waals surface area contributed by atoms with Crippen molar-refractivity contribution in [1.29, 1.82) is 0 Å². The Morgan fingerprint density at radius 2 is 1.21 bits per heavy atom. The largest absolute Gasteiger partial charge is 0.652 e. The fraction of sp³-hybridized carbons (Fsp3) is 0.345. The molecule has 0 N–H and O–H groups in total. The van der Waals surface area contributed by atoms with Crippen LogP contribution in [0, 0.1) is 11.1 Å². The van der Waals surface area contributed by atoms with Gasteiger partial charge in [0, 0.05) is 5.04 Å². The van der Waals surface area contributed by atoms with Crippen molar-refractivity contribution in [1.82, 2.24) is 0 Å². The maximum atomic E-state index is 14.7. The summed E-state index contributed by atoms with van der Waals surface area (Å²) in [5.74, 6) is -0.257. The number of carbonyl (C=O) groups is 1. The molecule has 0 radical (unpaired) electrons. The van der Waals surface area contributed by atoms with Crippen LogP contribution in [0.1, 0.15) is 37.5 Å². The molecule has 178 valence electrons. The highest BCUT2D eigenvalue weighted by molar-refractivity contribution is 8.01. The Bertz CT molecular complexity index is 1020. The van der Waals surface area contributed by atoms with Crippen molar-refractivity contribution in [2.45, 2.75) is 49.0 Å². The highest BCUT2D eigenvalue weighted by atomic mass is 32.2. The van der Waals surface area contributed by atoms with Gasteiger partial charge in [0.05, 0.1) is 11.3 Å². The molecule has 0 aromatic heterocycles. The molecule has 0 bridgehead atoms. The first-order chi connectivity index (χ1) is 16.1. The molecule has 34 heavy (non-hydrogen) atoms. The van der Waals surface area contributed by atoms with E-state index in [1.165, 1.54) is 0 Å². The topological polar surface area (TPSA) is 40.1 Å². The van der Waals surface area contributed by atoms with Gasteiger partial charge in [0.15, 0.2) is 0 Å². The van der Waals surface area contributed by atoms with Crippen LogP contribution in [0.2, 0.25) is 18.1 Å². The number of rotatable bonds is 7. The lowest BCUT2D eigenvalue weighted by Crippen LogP contribution is -2.79. The second-order valence-corrected chi connectivity index (χ2v) is 17.6. The lowest BCUT2D eigenvalue weighted by Gasteiger charge is -2.70. The molecule has 4 rings (SSSR count). The standard InChI is InChI=1S/C29H35NO2SSi/c1-28(2,3)34(4,5)30(32)21-23(22-31)27(30)33-29(24-15-9-6-10-16-24,25-17-11-7-12-18-25)26-19-13-8-14-20-26/h6-20,22-23,27H,21H2,1-5H3. The third kappa shape index (κ3) is 3.89. The summed E-state index contributed by atoms with van der Waals surface area (Å²) in [7, 11) is -2.37. The number of hydrogen-bond donors (Lipinski definition) is 0. The number of nitrogens with zero attached hydrogens (tertiary/aromatic N) is 1. The van der Waals surface area contributed by atoms with E-state index >= 15 is 0 Å². The Morgan fingerprint density at radius 3 is 1.53 bits per heavy atom. The molecule has 3 atom stereocenters. The smallest absolute Gasteiger partial charge is 0.285 e. The van der Waals surface area contributed by atoms with Gasteiger partial charge in [0.25, 0.3) is 8.24 Å². The van der Waals surface area contributed by atoms with Gasteiger partial charge < -0.3 is 14.3 Å². The summed E-state index contributed by atoms with van der Waals surface area (Å²) >= 11 is 1.68. The first-order valence-electron chi connectivity index (χ1n) is 12.0. The van der Waals surface area contributed by atoms with Gasteiger partial charge in [-0.3, -0.25) is 0 Å². The van der Waals surface area contributed by atoms with Gasteiger partial charge in [-0.1, -0.05) is 124 Å². The Kier molecular flexibility index (Phi) is 6.68. The van der Waals surface area contributed by atoms with E-state index in [-0.39, 0.29) is 20.6 Å². The summed E-state index contributed by atoms with van der Waals surface area (Å²) in [6.45, 7) is 11.3. The van der Waals surface area contributed by atoms with Crippen molar-refractivity contribution < 1.29 is 9.11 Å². The Hall–Kier alpha value is -2.18. The van der Waals surface area contributed by atoms with Gasteiger partial charge >= 0.3 is 0 Å². The van der Waals surface area contributed by atoms with E-state index in [2.05, 4.69) is 107 Å². The van der Waals surface area contributed by atoms with Crippen LogP contribution >= 0.6 is 11.8 Å². The maximum absolute atomic E-state index is 14.7. The minimum atomic E-state index is -2.37. The van der Waals surface area contributed by atoms with Crippen molar-refractivity contribution >= 4 is 26.3 Å². The summed E-state index contributed by atoms with van der Waals surface area (Å²) in [5.41, 5.74) is 3.36. The predicted octanol–water partition coefficient (Wildman–Crippen LogP) is 7.19. The van der Waals surface area contributed by atoms with Crippen molar-refractivity contribution in [2.24, 2.45) is 5.92 Å². The predicted molar refractivity (Wildman–Crippen MR) is 146 cm³/mol. The van der Waals surface area contributed by atoms with Crippen molar-refractivity contribution in [3.05, 3.63) is 113 Å². The molecule has 0 amide bonds. The van der Waals surface area contributed by atoms with Crippen LogP contribution < -0.4 is 0 Å². The monoisotopic (exact) mass is 489 g/mol. The molecule has 1 aliphatic rings. The van der Waals surface area contributed by atoms with Gasteiger partial charge in [0.1, 0.15) is 17.6 Å². The fourth-order valence-electron chi connectivity index (χ4n) is 4.98. The third-order valence-electron chi connectivity index (χ3n) is 8.05. The SMILES string of the molecule is CC(C)(C)[Si](C)(C)[N+]1([O-])CC(C=O)C1SC(c1ccccc1)(c1ccccc1)c1ccccc1. The van der Waals surface area contributed by atoms with Gasteiger partial charge in [-0.15, -0.1) is 0 Å². The van der Waals surface area contributed by atoms with Gasteiger partial charge in [-0.2, -0.15) is 0 Å². The molecule has 1 aliphatic heterocycles. The normalized spacial score (nSPS) is 23.2. The second kappa shape index (κ2) is 9.12. The molecule has 0 aliphatic carbocycles. The van der Waals surface area contributed by atoms with Crippen LogP contribution in [0.15, 0.2) is 91.0 Å². The van der Waals surface area contributed by atoms with Crippen LogP contribution in [0.4, 0.5) is 0 Å². The van der Waals surface area contributed by atoms with E-state index in [9.17, 15) is 10.0 Å². The zero-order valence-electron chi connectivity index (χ0n) is 20.8. The van der Waals surface area contributed by atoms with Gasteiger partial charge in [-0.25, -0.2) is 0 Å². The molecular formula is C29H35NO2SSi. The molecule has 5 heteroatoms. The molecule has 3 aromatic rings. The van der Waals surface area contributed by atoms with Gasteiger partial charge in [-0.05, 0) is 29.8 Å². The molecule has 1 heterocycles. The Labute approximate surface area is 209 Å². The van der Waals surface area contributed by atoms with Crippen LogP contribution in [-0.2, 0) is 9.54 Å². The zero-order chi connectivity index (χ0) is 24.6. The minimum Gasteiger partial charge on any atom is -0.652 e. The maximum Gasteiger partial charge on any atom is 0.285 e. The average Bonchev–Trinajstić information content (AvgIpc) is 2.84. The van der Waals surface area contributed by atoms with Crippen LogP contribution in [-0.4, -0.2) is 30.8 Å². The highest BCUT2D eigenvalue weighted by Crippen LogP contribution is 2.59. The number of quaternary nitrogens is 1. The average molecular weight is 490 g/mol. The van der Waals surface area contributed by atoms with E-state index in [4.69, 9.17) is 0 Å². The van der Waals surface area contributed by atoms with E-state index < -0.39 is 13.0 Å². The minimum absolute atomic E-state index is 0.0870. The van der Waals surface area contributed by atoms with Gasteiger partial charge in [0.2, 0.25) is 0 Å². The zero-order valence-corrected chi connectivity index (χ0v) is 22.6. The molecule has 3 unspecified atom stereocenters. The first-order valence-corrected chi connectivity index (χ1v) is 15.8. The molecule has 0 spiro atoms. The molecular weight excluding hydrogens is 454 g/mol. The Balaban J connectivity index is 1.95. The van der Waals surface area contributed by atoms with E-state index in [0.29, 0.717) is 6.54 Å². The number of hydrogen-bond acceptors (Lipinski definition) is 3. The fourth-order valence-corrected chi connectivity index (χ4v) is 10.3. The summed E-state index contributed by atoms with van der Waals surface area (Å²) in [5, 5.41) is 14.3. The van der Waals surface area contributed by atoms with Crippen LogP contribution in [0.3, 0.4) is 0 Å². The number of carbonyl (C=O) groups excluding carboxylic acids is 1. The quantitative estimate of drug-likeness (QED) is 0.153. The summed E-state index contributed by atoms with van der Waals surface area (Å²) in [6.07, 6.45) is 1.02. The lowest BCUT2D eigenvalue weighted by molar-refractivity contribution is -0.847. The summed E-state index contributed by atoms with van der Waals surface area (Å²) in [4.78, 5) is 12.2. The van der Waals surface area contributed by atoms with Crippen molar-refractivity contribution in [3.63, 3.8) is 0 Å². The number of aldehydes is 1. The molecule has 3 aromatic carbocycles. The Morgan fingerprint density at radius 1 is 0.824 bits per heavy atom. The highest BCUT2D eigenvalue weighted by Gasteiger charge is 2.64. The van der Waals surface area contributed by atoms with E-state index in [0.717, 1.165) is 23.0 Å². The molecule has 3 nitrogen and oxygen atoms in total. The number of benzene rings is 3. The van der Waals surface area contributed by atoms with E-state index in [1.807, 2.05) is 18.2 Å². The van der Waals surface area contributed by atoms with Crippen LogP contribution in [0.5, 0.6) is 0 Å².